The summed E-state index contributed by atoms with van der Waals surface area (Å²) in [6.45, 7) is 3.81. The first kappa shape index (κ1) is 18.8. The number of aryl methyl sites for hydroxylation is 2. The van der Waals surface area contributed by atoms with Crippen molar-refractivity contribution < 1.29 is 4.79 Å². The highest BCUT2D eigenvalue weighted by Gasteiger charge is 2.21. The molecule has 0 aliphatic carbocycles. The average molecular weight is 401 g/mol. The van der Waals surface area contributed by atoms with E-state index >= 15 is 0 Å². The van der Waals surface area contributed by atoms with E-state index in [1.54, 1.807) is 28.2 Å². The number of benzene rings is 1. The topological polar surface area (TPSA) is 83.6 Å². The molecule has 0 aliphatic rings. The summed E-state index contributed by atoms with van der Waals surface area (Å²) in [5.74, 6) is -0.178. The predicted octanol–water partition coefficient (Wildman–Crippen LogP) is 4.37. The van der Waals surface area contributed by atoms with Gasteiger partial charge in [-0.25, -0.2) is 4.98 Å². The van der Waals surface area contributed by atoms with Crippen molar-refractivity contribution in [2.24, 2.45) is 7.05 Å². The molecule has 0 bridgehead atoms. The molecule has 3 heterocycles. The second kappa shape index (κ2) is 7.49. The maximum absolute atomic E-state index is 13.2. The van der Waals surface area contributed by atoms with Gasteiger partial charge in [0.25, 0.3) is 5.91 Å². The summed E-state index contributed by atoms with van der Waals surface area (Å²) in [5.41, 5.74) is 4.29. The van der Waals surface area contributed by atoms with Crippen LogP contribution >= 0.6 is 11.3 Å². The van der Waals surface area contributed by atoms with Crippen molar-refractivity contribution in [2.75, 3.05) is 0 Å². The van der Waals surface area contributed by atoms with Crippen LogP contribution < -0.4 is 5.32 Å². The highest BCUT2D eigenvalue weighted by molar-refractivity contribution is 7.13. The van der Waals surface area contributed by atoms with Gasteiger partial charge in [-0.15, -0.1) is 11.3 Å². The molecular weight excluding hydrogens is 382 g/mol. The minimum atomic E-state index is -0.208. The number of rotatable bonds is 4. The lowest BCUT2D eigenvalue weighted by molar-refractivity contribution is 0.0941. The first-order valence-corrected chi connectivity index (χ1v) is 10.0. The van der Waals surface area contributed by atoms with Gasteiger partial charge in [-0.1, -0.05) is 18.2 Å². The van der Waals surface area contributed by atoms with Gasteiger partial charge in [0.05, 0.1) is 44.9 Å². The van der Waals surface area contributed by atoms with Gasteiger partial charge < -0.3 is 5.32 Å². The summed E-state index contributed by atoms with van der Waals surface area (Å²) >= 11 is 1.58. The van der Waals surface area contributed by atoms with E-state index in [1.807, 2.05) is 56.6 Å². The van der Waals surface area contributed by atoms with Gasteiger partial charge in [-0.3, -0.25) is 9.48 Å². The van der Waals surface area contributed by atoms with E-state index in [1.165, 1.54) is 0 Å². The van der Waals surface area contributed by atoms with Gasteiger partial charge >= 0.3 is 0 Å². The van der Waals surface area contributed by atoms with E-state index in [0.29, 0.717) is 16.8 Å². The van der Waals surface area contributed by atoms with Gasteiger partial charge in [0.15, 0.2) is 5.65 Å². The highest BCUT2D eigenvalue weighted by Crippen LogP contribution is 2.29. The maximum atomic E-state index is 13.2. The summed E-state index contributed by atoms with van der Waals surface area (Å²) in [6.07, 6.45) is 0. The molecule has 6 nitrogen and oxygen atoms in total. The fraction of sp³-hybridized carbons (Fsp3) is 0.182. The zero-order chi connectivity index (χ0) is 20.5. The van der Waals surface area contributed by atoms with E-state index in [0.717, 1.165) is 27.2 Å². The molecule has 7 heteroatoms. The van der Waals surface area contributed by atoms with Crippen molar-refractivity contribution in [1.29, 1.82) is 5.26 Å². The number of hydrogen-bond acceptors (Lipinski definition) is 5. The number of hydrogen-bond donors (Lipinski definition) is 1. The molecule has 1 N–H and O–H groups in total. The van der Waals surface area contributed by atoms with E-state index in [4.69, 9.17) is 10.2 Å². The quantitative estimate of drug-likeness (QED) is 0.550. The van der Waals surface area contributed by atoms with Gasteiger partial charge in [0.2, 0.25) is 0 Å². The Labute approximate surface area is 172 Å². The molecule has 4 rings (SSSR count). The van der Waals surface area contributed by atoms with Crippen LogP contribution in [0.15, 0.2) is 47.8 Å². The van der Waals surface area contributed by atoms with Gasteiger partial charge in [0.1, 0.15) is 0 Å². The van der Waals surface area contributed by atoms with Crippen molar-refractivity contribution >= 4 is 28.3 Å². The smallest absolute Gasteiger partial charge is 0.252 e. The molecule has 1 aromatic carbocycles. The number of amides is 1. The normalized spacial score (nSPS) is 11.9. The second-order valence-corrected chi connectivity index (χ2v) is 7.82. The molecule has 29 heavy (non-hydrogen) atoms. The van der Waals surface area contributed by atoms with Crippen molar-refractivity contribution in [3.05, 3.63) is 70.2 Å². The molecule has 144 valence electrons. The Bertz CT molecular complexity index is 1230. The number of pyridine rings is 1. The van der Waals surface area contributed by atoms with Crippen LogP contribution in [0.5, 0.6) is 0 Å². The fourth-order valence-corrected chi connectivity index (χ4v) is 4.06. The van der Waals surface area contributed by atoms with Gasteiger partial charge in [-0.05, 0) is 49.1 Å². The summed E-state index contributed by atoms with van der Waals surface area (Å²) in [7, 11) is 1.83. The van der Waals surface area contributed by atoms with E-state index in [-0.39, 0.29) is 11.9 Å². The molecule has 0 saturated carbocycles. The van der Waals surface area contributed by atoms with Crippen LogP contribution in [0.4, 0.5) is 0 Å². The minimum Gasteiger partial charge on any atom is -0.345 e. The standard InChI is InChI=1S/C22H19N5OS/c1-13(16-8-6-15(12-23)7-9-16)24-22(28)17-11-18(19-5-4-10-29-19)25-21-20(17)14(2)26-27(21)3/h4-11,13H,1-3H3,(H,24,28). The second-order valence-electron chi connectivity index (χ2n) is 6.87. The average Bonchev–Trinajstić information content (AvgIpc) is 3.36. The van der Waals surface area contributed by atoms with Crippen molar-refractivity contribution in [1.82, 2.24) is 20.1 Å². The summed E-state index contributed by atoms with van der Waals surface area (Å²) < 4.78 is 1.71. The largest absolute Gasteiger partial charge is 0.345 e. The number of carbonyl (C=O) groups excluding carboxylic acids is 1. The molecule has 1 unspecified atom stereocenters. The first-order valence-electron chi connectivity index (χ1n) is 9.17. The van der Waals surface area contributed by atoms with Gasteiger partial charge in [-0.2, -0.15) is 10.4 Å². The Morgan fingerprint density at radius 1 is 1.28 bits per heavy atom. The molecule has 1 amide bonds. The van der Waals surface area contributed by atoms with Crippen molar-refractivity contribution in [2.45, 2.75) is 19.9 Å². The lowest BCUT2D eigenvalue weighted by atomic mass is 10.0. The third-order valence-corrected chi connectivity index (χ3v) is 5.77. The first-order chi connectivity index (χ1) is 14.0. The predicted molar refractivity (Wildman–Crippen MR) is 114 cm³/mol. The molecule has 0 aliphatic heterocycles. The number of carbonyl (C=O) groups is 1. The summed E-state index contributed by atoms with van der Waals surface area (Å²) in [4.78, 5) is 19.0. The summed E-state index contributed by atoms with van der Waals surface area (Å²) in [6, 6.07) is 14.9. The molecule has 0 radical (unpaired) electrons. The Morgan fingerprint density at radius 3 is 2.69 bits per heavy atom. The van der Waals surface area contributed by atoms with Gasteiger partial charge in [0, 0.05) is 7.05 Å². The van der Waals surface area contributed by atoms with Crippen LogP contribution in [-0.4, -0.2) is 20.7 Å². The Hall–Kier alpha value is -3.50. The van der Waals surface area contributed by atoms with Crippen molar-refractivity contribution in [3.8, 4) is 16.6 Å². The molecule has 0 fully saturated rings. The van der Waals surface area contributed by atoms with E-state index in [9.17, 15) is 4.79 Å². The zero-order valence-electron chi connectivity index (χ0n) is 16.3. The lowest BCUT2D eigenvalue weighted by Gasteiger charge is -2.15. The number of nitrogens with zero attached hydrogens (tertiary/aromatic N) is 4. The van der Waals surface area contributed by atoms with Crippen LogP contribution in [0.1, 0.15) is 40.1 Å². The Kier molecular flexibility index (Phi) is 4.87. The van der Waals surface area contributed by atoms with Crippen LogP contribution in [0.3, 0.4) is 0 Å². The Balaban J connectivity index is 1.73. The maximum Gasteiger partial charge on any atom is 0.252 e. The number of thiophene rings is 1. The van der Waals surface area contributed by atoms with E-state index < -0.39 is 0 Å². The monoisotopic (exact) mass is 401 g/mol. The third kappa shape index (κ3) is 3.50. The molecule has 1 atom stereocenters. The minimum absolute atomic E-state index is 0.178. The Morgan fingerprint density at radius 2 is 2.03 bits per heavy atom. The molecule has 0 saturated heterocycles. The van der Waals surface area contributed by atoms with Crippen LogP contribution in [0.25, 0.3) is 21.6 Å². The number of nitriles is 1. The van der Waals surface area contributed by atoms with Crippen molar-refractivity contribution in [3.63, 3.8) is 0 Å². The van der Waals surface area contributed by atoms with Crippen LogP contribution in [0, 0.1) is 18.3 Å². The third-order valence-electron chi connectivity index (χ3n) is 4.87. The van der Waals surface area contributed by atoms with E-state index in [2.05, 4.69) is 16.5 Å². The number of nitrogens with one attached hydrogen (secondary N) is 1. The number of aromatic nitrogens is 3. The SMILES string of the molecule is Cc1nn(C)c2nc(-c3cccs3)cc(C(=O)NC(C)c3ccc(C#N)cc3)c12. The fourth-order valence-electron chi connectivity index (χ4n) is 3.38. The molecule has 3 aromatic heterocycles. The zero-order valence-corrected chi connectivity index (χ0v) is 17.1. The summed E-state index contributed by atoms with van der Waals surface area (Å²) in [5, 5.41) is 19.2. The highest BCUT2D eigenvalue weighted by atomic mass is 32.1. The van der Waals surface area contributed by atoms with Crippen LogP contribution in [0.2, 0.25) is 0 Å². The number of fused-ring (bicyclic) bond motifs is 1. The molecule has 4 aromatic rings. The lowest BCUT2D eigenvalue weighted by Crippen LogP contribution is -2.27. The van der Waals surface area contributed by atoms with Crippen LogP contribution in [-0.2, 0) is 7.05 Å². The molecular formula is C22H19N5OS. The molecule has 0 spiro atoms.